The molecule has 4 rings (SSSR count). The van der Waals surface area contributed by atoms with E-state index in [9.17, 15) is 14.7 Å². The lowest BCUT2D eigenvalue weighted by Gasteiger charge is -2.51. The summed E-state index contributed by atoms with van der Waals surface area (Å²) < 4.78 is 0. The van der Waals surface area contributed by atoms with Gasteiger partial charge in [0.1, 0.15) is 6.04 Å². The summed E-state index contributed by atoms with van der Waals surface area (Å²) in [5.41, 5.74) is -0.676. The molecule has 2 amide bonds. The van der Waals surface area contributed by atoms with Crippen LogP contribution in [-0.4, -0.2) is 53.0 Å². The number of hydrogen-bond donors (Lipinski definition) is 3. The van der Waals surface area contributed by atoms with Gasteiger partial charge in [0, 0.05) is 35.0 Å². The zero-order valence-electron chi connectivity index (χ0n) is 21.0. The van der Waals surface area contributed by atoms with Gasteiger partial charge in [-0.25, -0.2) is 0 Å². The third-order valence-electron chi connectivity index (χ3n) is 8.62. The largest absolute Gasteiger partial charge is 0.384 e. The van der Waals surface area contributed by atoms with Crippen molar-refractivity contribution in [2.24, 2.45) is 17.3 Å². The minimum Gasteiger partial charge on any atom is -0.384 e. The molecule has 4 atom stereocenters. The SMILES string of the molecule is CC(C)C(NC(=O)[C@@H]1CCC2(CCCN2)C1)C(=O)N1CCC(O)(c2ccc(Cl)cc2)C(C)(C)C1. The average Bonchev–Trinajstić information content (AvgIpc) is 3.43. The van der Waals surface area contributed by atoms with E-state index in [1.54, 1.807) is 12.1 Å². The Morgan fingerprint density at radius 1 is 1.18 bits per heavy atom. The smallest absolute Gasteiger partial charge is 0.245 e. The predicted octanol–water partition coefficient (Wildman–Crippen LogP) is 3.85. The van der Waals surface area contributed by atoms with Gasteiger partial charge in [-0.1, -0.05) is 51.4 Å². The molecule has 188 valence electrons. The van der Waals surface area contributed by atoms with Gasteiger partial charge in [0.05, 0.1) is 5.60 Å². The first kappa shape index (κ1) is 25.5. The van der Waals surface area contributed by atoms with Crippen LogP contribution >= 0.6 is 11.6 Å². The maximum Gasteiger partial charge on any atom is 0.245 e. The van der Waals surface area contributed by atoms with Crippen LogP contribution in [0.3, 0.4) is 0 Å². The van der Waals surface area contributed by atoms with Crippen LogP contribution in [-0.2, 0) is 15.2 Å². The highest BCUT2D eigenvalue weighted by molar-refractivity contribution is 6.30. The molecule has 3 aliphatic rings. The standard InChI is InChI=1S/C27H40ClN3O3/c1-18(2)22(30-23(32)19-10-12-26(16-19)11-5-14-29-26)24(33)31-15-13-27(34,25(3,4)17-31)20-6-8-21(28)9-7-20/h6-9,18-19,22,29,34H,5,10-17H2,1-4H3,(H,30,32)/t19-,22?,26?,27?/m1/s1. The molecule has 1 saturated carbocycles. The number of benzene rings is 1. The Kier molecular flexibility index (Phi) is 7.07. The number of likely N-dealkylation sites (tertiary alicyclic amines) is 1. The van der Waals surface area contributed by atoms with Gasteiger partial charge >= 0.3 is 0 Å². The first-order valence-electron chi connectivity index (χ1n) is 12.8. The second kappa shape index (κ2) is 9.44. The monoisotopic (exact) mass is 489 g/mol. The van der Waals surface area contributed by atoms with Crippen LogP contribution in [0, 0.1) is 17.3 Å². The molecular weight excluding hydrogens is 450 g/mol. The number of nitrogens with zero attached hydrogens (tertiary/aromatic N) is 1. The van der Waals surface area contributed by atoms with Crippen molar-refractivity contribution in [3.05, 3.63) is 34.9 Å². The van der Waals surface area contributed by atoms with Crippen LogP contribution in [0.15, 0.2) is 24.3 Å². The van der Waals surface area contributed by atoms with E-state index in [1.807, 2.05) is 44.7 Å². The summed E-state index contributed by atoms with van der Waals surface area (Å²) in [5, 5.41) is 19.0. The number of carbonyl (C=O) groups excluding carboxylic acids is 2. The summed E-state index contributed by atoms with van der Waals surface area (Å²) in [5.74, 6) is -0.100. The van der Waals surface area contributed by atoms with Crippen molar-refractivity contribution < 1.29 is 14.7 Å². The topological polar surface area (TPSA) is 81.7 Å². The molecule has 1 aliphatic carbocycles. The number of aliphatic hydroxyl groups is 1. The van der Waals surface area contributed by atoms with Gasteiger partial charge in [0.2, 0.25) is 11.8 Å². The molecule has 1 aromatic carbocycles. The summed E-state index contributed by atoms with van der Waals surface area (Å²) in [7, 11) is 0. The second-order valence-corrected chi connectivity index (χ2v) is 12.2. The van der Waals surface area contributed by atoms with Gasteiger partial charge in [-0.15, -0.1) is 0 Å². The molecule has 3 unspecified atom stereocenters. The van der Waals surface area contributed by atoms with Crippen LogP contribution in [0.2, 0.25) is 5.02 Å². The third-order valence-corrected chi connectivity index (χ3v) is 8.88. The fourth-order valence-electron chi connectivity index (χ4n) is 6.36. The van der Waals surface area contributed by atoms with Crippen LogP contribution in [0.1, 0.15) is 71.8 Å². The number of halogens is 1. The zero-order chi connectivity index (χ0) is 24.7. The number of hydrogen-bond acceptors (Lipinski definition) is 4. The Labute approximate surface area is 208 Å². The van der Waals surface area contributed by atoms with Gasteiger partial charge < -0.3 is 20.6 Å². The van der Waals surface area contributed by atoms with Crippen LogP contribution < -0.4 is 10.6 Å². The number of rotatable bonds is 5. The Morgan fingerprint density at radius 3 is 2.47 bits per heavy atom. The minimum absolute atomic E-state index is 0.00608. The number of nitrogens with one attached hydrogen (secondary N) is 2. The van der Waals surface area contributed by atoms with Crippen LogP contribution in [0.4, 0.5) is 0 Å². The maximum atomic E-state index is 13.6. The predicted molar refractivity (Wildman–Crippen MR) is 134 cm³/mol. The fourth-order valence-corrected chi connectivity index (χ4v) is 6.48. The van der Waals surface area contributed by atoms with Crippen LogP contribution in [0.25, 0.3) is 0 Å². The Bertz CT molecular complexity index is 910. The maximum absolute atomic E-state index is 13.6. The van der Waals surface area contributed by atoms with Gasteiger partial charge in [-0.2, -0.15) is 0 Å². The summed E-state index contributed by atoms with van der Waals surface area (Å²) >= 11 is 6.05. The van der Waals surface area contributed by atoms with Crippen molar-refractivity contribution >= 4 is 23.4 Å². The molecular formula is C27H40ClN3O3. The average molecular weight is 490 g/mol. The van der Waals surface area contributed by atoms with Gasteiger partial charge in [-0.05, 0) is 68.7 Å². The molecule has 1 spiro atoms. The molecule has 2 saturated heterocycles. The van der Waals surface area contributed by atoms with Crippen LogP contribution in [0.5, 0.6) is 0 Å². The lowest BCUT2D eigenvalue weighted by Crippen LogP contribution is -2.60. The van der Waals surface area contributed by atoms with E-state index in [-0.39, 0.29) is 29.2 Å². The molecule has 0 bridgehead atoms. The molecule has 7 heteroatoms. The highest BCUT2D eigenvalue weighted by Crippen LogP contribution is 2.46. The first-order chi connectivity index (χ1) is 16.0. The minimum atomic E-state index is -1.06. The van der Waals surface area contributed by atoms with E-state index in [4.69, 9.17) is 11.6 Å². The third kappa shape index (κ3) is 4.74. The van der Waals surface area contributed by atoms with Gasteiger partial charge in [-0.3, -0.25) is 9.59 Å². The molecule has 3 N–H and O–H groups in total. The van der Waals surface area contributed by atoms with E-state index in [2.05, 4.69) is 10.6 Å². The normalized spacial score (nSPS) is 31.7. The number of amides is 2. The van der Waals surface area contributed by atoms with Crippen molar-refractivity contribution in [1.29, 1.82) is 0 Å². The van der Waals surface area contributed by atoms with Crippen molar-refractivity contribution in [1.82, 2.24) is 15.5 Å². The molecule has 0 radical (unpaired) electrons. The van der Waals surface area contributed by atoms with Crippen molar-refractivity contribution in [3.63, 3.8) is 0 Å². The summed E-state index contributed by atoms with van der Waals surface area (Å²) in [6, 6.07) is 6.76. The first-order valence-corrected chi connectivity index (χ1v) is 13.2. The van der Waals surface area contributed by atoms with Crippen molar-refractivity contribution in [2.75, 3.05) is 19.6 Å². The zero-order valence-corrected chi connectivity index (χ0v) is 21.8. The van der Waals surface area contributed by atoms with E-state index in [0.29, 0.717) is 24.5 Å². The summed E-state index contributed by atoms with van der Waals surface area (Å²) in [6.07, 6.45) is 5.53. The second-order valence-electron chi connectivity index (χ2n) is 11.7. The highest BCUT2D eigenvalue weighted by Gasteiger charge is 2.50. The fraction of sp³-hybridized carbons (Fsp3) is 0.704. The van der Waals surface area contributed by atoms with E-state index < -0.39 is 17.1 Å². The Balaban J connectivity index is 1.43. The van der Waals surface area contributed by atoms with Crippen molar-refractivity contribution in [2.45, 2.75) is 83.4 Å². The Hall–Kier alpha value is -1.63. The van der Waals surface area contributed by atoms with E-state index in [0.717, 1.165) is 37.8 Å². The number of piperidine rings is 1. The van der Waals surface area contributed by atoms with Gasteiger partial charge in [0.15, 0.2) is 0 Å². The number of carbonyl (C=O) groups is 2. The Morgan fingerprint density at radius 2 is 1.88 bits per heavy atom. The molecule has 2 aliphatic heterocycles. The van der Waals surface area contributed by atoms with E-state index >= 15 is 0 Å². The quantitative estimate of drug-likeness (QED) is 0.586. The van der Waals surface area contributed by atoms with Crippen molar-refractivity contribution in [3.8, 4) is 0 Å². The molecule has 34 heavy (non-hydrogen) atoms. The molecule has 6 nitrogen and oxygen atoms in total. The highest BCUT2D eigenvalue weighted by atomic mass is 35.5. The summed E-state index contributed by atoms with van der Waals surface area (Å²) in [4.78, 5) is 28.6. The molecule has 0 aromatic heterocycles. The van der Waals surface area contributed by atoms with E-state index in [1.165, 1.54) is 6.42 Å². The lowest BCUT2D eigenvalue weighted by molar-refractivity contribution is -0.157. The van der Waals surface area contributed by atoms with Gasteiger partial charge in [0.25, 0.3) is 0 Å². The molecule has 3 fully saturated rings. The molecule has 2 heterocycles. The molecule has 1 aromatic rings. The summed E-state index contributed by atoms with van der Waals surface area (Å²) in [6.45, 7) is 9.85. The lowest BCUT2D eigenvalue weighted by atomic mass is 9.66.